The number of hydrogen-bond donors (Lipinski definition) is 1. The average molecular weight is 612 g/mol. The lowest BCUT2D eigenvalue weighted by atomic mass is 10.1. The summed E-state index contributed by atoms with van der Waals surface area (Å²) in [6.07, 6.45) is 2.81. The van der Waals surface area contributed by atoms with Crippen LogP contribution in [0, 0.1) is 0 Å². The van der Waals surface area contributed by atoms with Crippen molar-refractivity contribution < 1.29 is 33.3 Å². The van der Waals surface area contributed by atoms with Crippen molar-refractivity contribution in [3.05, 3.63) is 53.6 Å². The standard InChI is InChI=1S/C34H49N3O7/c1-9-30(38)36-31(35)25-14-16-26(17-15-25)42-20-12-11-13-21-43-27-18-19-28(32(39)37(23(3)4)24(5)6)29(22-27)44-34(7,8)33(40)41-10-2/h14-19,22-24H,9-13,20-21H2,1-8H3,(H2,35,36,38). The maximum atomic E-state index is 13.6. The number of amides is 2. The maximum Gasteiger partial charge on any atom is 0.349 e. The van der Waals surface area contributed by atoms with Crippen molar-refractivity contribution in [1.82, 2.24) is 4.90 Å². The molecule has 0 bridgehead atoms. The van der Waals surface area contributed by atoms with Gasteiger partial charge >= 0.3 is 5.97 Å². The van der Waals surface area contributed by atoms with Gasteiger partial charge < -0.3 is 29.6 Å². The number of ether oxygens (including phenoxy) is 4. The topological polar surface area (TPSA) is 130 Å². The van der Waals surface area contributed by atoms with Gasteiger partial charge in [0.25, 0.3) is 5.91 Å². The minimum absolute atomic E-state index is 0.0246. The lowest BCUT2D eigenvalue weighted by Crippen LogP contribution is -2.43. The van der Waals surface area contributed by atoms with Crippen molar-refractivity contribution in [1.29, 1.82) is 0 Å². The molecular weight excluding hydrogens is 562 g/mol. The van der Waals surface area contributed by atoms with Crippen LogP contribution in [0.15, 0.2) is 47.5 Å². The fraction of sp³-hybridized carbons (Fsp3) is 0.529. The van der Waals surface area contributed by atoms with E-state index >= 15 is 0 Å². The second kappa shape index (κ2) is 17.3. The van der Waals surface area contributed by atoms with Crippen LogP contribution in [0.4, 0.5) is 0 Å². The zero-order chi connectivity index (χ0) is 32.9. The van der Waals surface area contributed by atoms with Crippen LogP contribution >= 0.6 is 0 Å². The second-order valence-corrected chi connectivity index (χ2v) is 11.4. The Labute approximate surface area is 261 Å². The molecule has 2 aromatic carbocycles. The summed E-state index contributed by atoms with van der Waals surface area (Å²) < 4.78 is 23.1. The SMILES string of the molecule is CCOC(=O)C(C)(C)Oc1cc(OCCCCCOc2ccc(C(N)=NC(=O)CC)cc2)ccc1C(=O)N(C(C)C)C(C)C. The Bertz CT molecular complexity index is 1260. The summed E-state index contributed by atoms with van der Waals surface area (Å²) in [6.45, 7) is 15.8. The molecule has 0 unspecified atom stereocenters. The molecule has 10 heteroatoms. The number of unbranched alkanes of at least 4 members (excludes halogenated alkanes) is 2. The minimum atomic E-state index is -1.31. The molecule has 10 nitrogen and oxygen atoms in total. The first-order chi connectivity index (χ1) is 20.8. The molecule has 0 aromatic heterocycles. The predicted octanol–water partition coefficient (Wildman–Crippen LogP) is 5.94. The highest BCUT2D eigenvalue weighted by atomic mass is 16.6. The summed E-state index contributed by atoms with van der Waals surface area (Å²) in [5.74, 6) is 0.742. The Balaban J connectivity index is 1.97. The fourth-order valence-corrected chi connectivity index (χ4v) is 4.44. The van der Waals surface area contributed by atoms with Crippen LogP contribution in [0.5, 0.6) is 17.2 Å². The lowest BCUT2D eigenvalue weighted by Gasteiger charge is -2.32. The van der Waals surface area contributed by atoms with Gasteiger partial charge in [-0.2, -0.15) is 4.99 Å². The molecule has 0 heterocycles. The van der Waals surface area contributed by atoms with Crippen LogP contribution in [0.25, 0.3) is 0 Å². The highest BCUT2D eigenvalue weighted by Gasteiger charge is 2.34. The van der Waals surface area contributed by atoms with Crippen LogP contribution in [0.2, 0.25) is 0 Å². The molecule has 0 fully saturated rings. The van der Waals surface area contributed by atoms with Gasteiger partial charge in [-0.25, -0.2) is 4.79 Å². The molecule has 44 heavy (non-hydrogen) atoms. The Hall–Kier alpha value is -4.08. The third-order valence-electron chi connectivity index (χ3n) is 6.69. The van der Waals surface area contributed by atoms with Crippen molar-refractivity contribution in [2.75, 3.05) is 19.8 Å². The molecule has 0 atom stereocenters. The zero-order valence-electron chi connectivity index (χ0n) is 27.5. The Morgan fingerprint density at radius 2 is 1.43 bits per heavy atom. The van der Waals surface area contributed by atoms with Crippen LogP contribution in [-0.4, -0.2) is 66.0 Å². The van der Waals surface area contributed by atoms with Crippen molar-refractivity contribution in [3.8, 4) is 17.2 Å². The molecule has 0 saturated heterocycles. The van der Waals surface area contributed by atoms with E-state index < -0.39 is 11.6 Å². The van der Waals surface area contributed by atoms with E-state index in [9.17, 15) is 14.4 Å². The maximum absolute atomic E-state index is 13.6. The van der Waals surface area contributed by atoms with E-state index in [1.807, 2.05) is 27.7 Å². The third kappa shape index (κ3) is 10.9. The molecule has 0 radical (unpaired) electrons. The summed E-state index contributed by atoms with van der Waals surface area (Å²) in [5, 5.41) is 0. The number of nitrogens with two attached hydrogens (primary N) is 1. The van der Waals surface area contributed by atoms with E-state index in [0.717, 1.165) is 19.3 Å². The monoisotopic (exact) mass is 611 g/mol. The van der Waals surface area contributed by atoms with Crippen LogP contribution < -0.4 is 19.9 Å². The second-order valence-electron chi connectivity index (χ2n) is 11.4. The van der Waals surface area contributed by atoms with E-state index in [-0.39, 0.29) is 42.1 Å². The molecular formula is C34H49N3O7. The summed E-state index contributed by atoms with van der Waals surface area (Å²) in [6, 6.07) is 12.2. The smallest absolute Gasteiger partial charge is 0.349 e. The van der Waals surface area contributed by atoms with Gasteiger partial charge in [0.2, 0.25) is 5.91 Å². The van der Waals surface area contributed by atoms with Gasteiger partial charge in [-0.05, 0) is 104 Å². The van der Waals surface area contributed by atoms with Gasteiger partial charge in [0.1, 0.15) is 23.1 Å². The third-order valence-corrected chi connectivity index (χ3v) is 6.69. The molecule has 0 aliphatic carbocycles. The number of nitrogens with zero attached hydrogens (tertiary/aromatic N) is 2. The van der Waals surface area contributed by atoms with Gasteiger partial charge in [-0.15, -0.1) is 0 Å². The average Bonchev–Trinajstić information content (AvgIpc) is 2.96. The van der Waals surface area contributed by atoms with Crippen LogP contribution in [-0.2, 0) is 14.3 Å². The van der Waals surface area contributed by atoms with Crippen LogP contribution in [0.1, 0.15) is 97.0 Å². The summed E-state index contributed by atoms with van der Waals surface area (Å²) >= 11 is 0. The van der Waals surface area contributed by atoms with Gasteiger partial charge in [-0.1, -0.05) is 6.92 Å². The first-order valence-corrected chi connectivity index (χ1v) is 15.4. The van der Waals surface area contributed by atoms with Crippen LogP contribution in [0.3, 0.4) is 0 Å². The number of carbonyl (C=O) groups is 3. The minimum Gasteiger partial charge on any atom is -0.494 e. The molecule has 0 spiro atoms. The first kappa shape index (κ1) is 36.1. The molecule has 2 amide bonds. The lowest BCUT2D eigenvalue weighted by molar-refractivity contribution is -0.158. The number of benzene rings is 2. The van der Waals surface area contributed by atoms with Gasteiger partial charge in [0, 0.05) is 30.1 Å². The van der Waals surface area contributed by atoms with Gasteiger partial charge in [0.05, 0.1) is 25.4 Å². The molecule has 0 aliphatic rings. The van der Waals surface area contributed by atoms with E-state index in [2.05, 4.69) is 4.99 Å². The molecule has 2 rings (SSSR count). The summed E-state index contributed by atoms with van der Waals surface area (Å²) in [7, 11) is 0. The highest BCUT2D eigenvalue weighted by molar-refractivity contribution is 6.04. The summed E-state index contributed by atoms with van der Waals surface area (Å²) in [4.78, 5) is 43.2. The number of rotatable bonds is 17. The number of esters is 1. The zero-order valence-corrected chi connectivity index (χ0v) is 27.5. The van der Waals surface area contributed by atoms with Crippen molar-refractivity contribution in [2.24, 2.45) is 10.7 Å². The fourth-order valence-electron chi connectivity index (χ4n) is 4.44. The summed E-state index contributed by atoms with van der Waals surface area (Å²) in [5.41, 5.74) is 5.59. The number of carbonyl (C=O) groups excluding carboxylic acids is 3. The van der Waals surface area contributed by atoms with E-state index in [0.29, 0.717) is 42.3 Å². The van der Waals surface area contributed by atoms with E-state index in [4.69, 9.17) is 24.7 Å². The quantitative estimate of drug-likeness (QED) is 0.101. The Kier molecular flexibility index (Phi) is 14.2. The normalized spacial score (nSPS) is 11.8. The van der Waals surface area contributed by atoms with E-state index in [1.54, 1.807) is 75.1 Å². The van der Waals surface area contributed by atoms with Crippen molar-refractivity contribution in [2.45, 2.75) is 98.8 Å². The van der Waals surface area contributed by atoms with Crippen molar-refractivity contribution >= 4 is 23.6 Å². The molecule has 242 valence electrons. The largest absolute Gasteiger partial charge is 0.494 e. The first-order valence-electron chi connectivity index (χ1n) is 15.4. The number of hydrogen-bond acceptors (Lipinski definition) is 7. The number of aliphatic imine (C=N–C) groups is 1. The van der Waals surface area contributed by atoms with Gasteiger partial charge in [0.15, 0.2) is 5.60 Å². The van der Waals surface area contributed by atoms with Crippen molar-refractivity contribution in [3.63, 3.8) is 0 Å². The predicted molar refractivity (Wildman–Crippen MR) is 172 cm³/mol. The molecule has 2 aromatic rings. The van der Waals surface area contributed by atoms with E-state index in [1.165, 1.54) is 0 Å². The molecule has 0 aliphatic heterocycles. The number of amidine groups is 1. The Morgan fingerprint density at radius 1 is 0.864 bits per heavy atom. The van der Waals surface area contributed by atoms with Gasteiger partial charge in [-0.3, -0.25) is 9.59 Å². The molecule has 2 N–H and O–H groups in total. The Morgan fingerprint density at radius 3 is 1.98 bits per heavy atom. The highest BCUT2D eigenvalue weighted by Crippen LogP contribution is 2.31. The molecule has 0 saturated carbocycles.